The average molecular weight is 149 g/mol. The van der Waals surface area contributed by atoms with Crippen LogP contribution < -0.4 is 11.2 Å². The number of aromatic nitrogens is 1. The molecule has 1 rings (SSSR count). The lowest BCUT2D eigenvalue weighted by atomic mass is 10.4. The van der Waals surface area contributed by atoms with E-state index in [1.54, 1.807) is 29.9 Å². The summed E-state index contributed by atoms with van der Waals surface area (Å²) in [5.41, 5.74) is 7.07. The molecule has 0 aliphatic heterocycles. The molecule has 0 saturated heterocycles. The third kappa shape index (κ3) is 1.49. The first-order chi connectivity index (χ1) is 5.27. The predicted molar refractivity (Wildman–Crippen MR) is 46.7 cm³/mol. The monoisotopic (exact) mass is 149 g/mol. The first-order valence-corrected chi connectivity index (χ1v) is 3.31. The van der Waals surface area contributed by atoms with Gasteiger partial charge in [0.1, 0.15) is 5.49 Å². The van der Waals surface area contributed by atoms with Crippen LogP contribution in [0.2, 0.25) is 0 Å². The van der Waals surface area contributed by atoms with Crippen molar-refractivity contribution in [3.8, 4) is 0 Å². The smallest absolute Gasteiger partial charge is 0.133 e. The Bertz CT molecular complexity index is 322. The highest BCUT2D eigenvalue weighted by Gasteiger charge is 1.87. The summed E-state index contributed by atoms with van der Waals surface area (Å²) >= 11 is 0. The summed E-state index contributed by atoms with van der Waals surface area (Å²) < 4.78 is 1.80. The molecule has 0 aliphatic carbocycles. The number of nitrogens with zero attached hydrogens (tertiary/aromatic N) is 2. The van der Waals surface area contributed by atoms with Crippen molar-refractivity contribution in [1.82, 2.24) is 4.57 Å². The molecule has 58 valence electrons. The van der Waals surface area contributed by atoms with Crippen LogP contribution in [-0.2, 0) is 0 Å². The van der Waals surface area contributed by atoms with Crippen LogP contribution in [-0.4, -0.2) is 11.6 Å². The maximum Gasteiger partial charge on any atom is 0.133 e. The minimum absolute atomic E-state index is 0.712. The summed E-state index contributed by atoms with van der Waals surface area (Å²) in [6, 6.07) is 3.60. The molecule has 0 radical (unpaired) electrons. The summed E-state index contributed by atoms with van der Waals surface area (Å²) in [4.78, 5) is 4.01. The van der Waals surface area contributed by atoms with Crippen LogP contribution >= 0.6 is 0 Å². The summed E-state index contributed by atoms with van der Waals surface area (Å²) in [5, 5.41) is 0. The second-order valence-corrected chi connectivity index (χ2v) is 2.13. The van der Waals surface area contributed by atoms with Gasteiger partial charge in [-0.2, -0.15) is 0 Å². The fourth-order valence-electron chi connectivity index (χ4n) is 0.849. The molecule has 0 spiro atoms. The first-order valence-electron chi connectivity index (χ1n) is 3.31. The zero-order chi connectivity index (χ0) is 8.27. The van der Waals surface area contributed by atoms with Crippen molar-refractivity contribution in [3.05, 3.63) is 30.4 Å². The number of anilines is 1. The Morgan fingerprint density at radius 3 is 3.00 bits per heavy atom. The van der Waals surface area contributed by atoms with Crippen molar-refractivity contribution in [2.45, 2.75) is 0 Å². The van der Waals surface area contributed by atoms with E-state index in [1.165, 1.54) is 0 Å². The fraction of sp³-hybridized carbons (Fsp3) is 0.125. The van der Waals surface area contributed by atoms with Crippen molar-refractivity contribution < 1.29 is 0 Å². The molecule has 0 saturated carbocycles. The lowest BCUT2D eigenvalue weighted by Crippen LogP contribution is -2.15. The van der Waals surface area contributed by atoms with E-state index in [2.05, 4.69) is 11.6 Å². The largest absolute Gasteiger partial charge is 0.399 e. The minimum Gasteiger partial charge on any atom is -0.399 e. The van der Waals surface area contributed by atoms with Crippen molar-refractivity contribution in [3.63, 3.8) is 0 Å². The van der Waals surface area contributed by atoms with Gasteiger partial charge in [0, 0.05) is 31.2 Å². The van der Waals surface area contributed by atoms with E-state index in [-0.39, 0.29) is 0 Å². The lowest BCUT2D eigenvalue weighted by Gasteiger charge is -1.99. The highest BCUT2D eigenvalue weighted by atomic mass is 15.0. The highest BCUT2D eigenvalue weighted by Crippen LogP contribution is 1.93. The van der Waals surface area contributed by atoms with Crippen LogP contribution in [0.5, 0.6) is 0 Å². The topological polar surface area (TPSA) is 43.3 Å². The Morgan fingerprint density at radius 1 is 1.73 bits per heavy atom. The third-order valence-electron chi connectivity index (χ3n) is 1.41. The molecule has 3 heteroatoms. The van der Waals surface area contributed by atoms with Gasteiger partial charge in [-0.1, -0.05) is 6.58 Å². The molecule has 1 aromatic rings. The SMILES string of the molecule is C=Cn1ccc(N)cc1=NC. The van der Waals surface area contributed by atoms with E-state index in [0.29, 0.717) is 5.69 Å². The second-order valence-electron chi connectivity index (χ2n) is 2.13. The van der Waals surface area contributed by atoms with E-state index in [4.69, 9.17) is 5.73 Å². The maximum absolute atomic E-state index is 5.55. The third-order valence-corrected chi connectivity index (χ3v) is 1.41. The Hall–Kier alpha value is -1.51. The molecule has 3 nitrogen and oxygen atoms in total. The van der Waals surface area contributed by atoms with Gasteiger partial charge in [0.2, 0.25) is 0 Å². The Balaban J connectivity index is 3.40. The molecular weight excluding hydrogens is 138 g/mol. The Kier molecular flexibility index (Phi) is 2.11. The van der Waals surface area contributed by atoms with Gasteiger partial charge in [0.15, 0.2) is 0 Å². The van der Waals surface area contributed by atoms with Crippen molar-refractivity contribution in [2.75, 3.05) is 12.8 Å². The number of nitrogens with two attached hydrogens (primary N) is 1. The molecule has 0 atom stereocenters. The zero-order valence-electron chi connectivity index (χ0n) is 6.49. The molecule has 2 N–H and O–H groups in total. The number of rotatable bonds is 1. The van der Waals surface area contributed by atoms with Crippen LogP contribution in [0.3, 0.4) is 0 Å². The summed E-state index contributed by atoms with van der Waals surface area (Å²) in [5.74, 6) is 0. The lowest BCUT2D eigenvalue weighted by molar-refractivity contribution is 0.994. The predicted octanol–water partition coefficient (Wildman–Crippen LogP) is 0.701. The Labute approximate surface area is 65.5 Å². The number of pyridine rings is 1. The number of nitrogen functional groups attached to an aromatic ring is 1. The van der Waals surface area contributed by atoms with Gasteiger partial charge < -0.3 is 10.3 Å². The van der Waals surface area contributed by atoms with Gasteiger partial charge in [-0.3, -0.25) is 4.99 Å². The molecule has 0 aliphatic rings. The van der Waals surface area contributed by atoms with Crippen LogP contribution in [0.4, 0.5) is 5.69 Å². The van der Waals surface area contributed by atoms with E-state index in [1.807, 2.05) is 6.20 Å². The van der Waals surface area contributed by atoms with Crippen LogP contribution in [0, 0.1) is 0 Å². The minimum atomic E-state index is 0.712. The fourth-order valence-corrected chi connectivity index (χ4v) is 0.849. The summed E-state index contributed by atoms with van der Waals surface area (Å²) in [6.07, 6.45) is 3.51. The normalized spacial score (nSPS) is 11.5. The van der Waals surface area contributed by atoms with Crippen LogP contribution in [0.25, 0.3) is 6.20 Å². The molecular formula is C8H11N3. The standard InChI is InChI=1S/C8H11N3/c1-3-11-5-4-7(9)6-8(11)10-2/h3-6H,1,9H2,2H3. The average Bonchev–Trinajstić information content (AvgIpc) is 2.04. The quantitative estimate of drug-likeness (QED) is 0.627. The summed E-state index contributed by atoms with van der Waals surface area (Å²) in [7, 11) is 1.72. The molecule has 0 unspecified atom stereocenters. The van der Waals surface area contributed by atoms with Crippen LogP contribution in [0.15, 0.2) is 29.9 Å². The molecule has 1 heterocycles. The molecule has 1 aromatic heterocycles. The van der Waals surface area contributed by atoms with Gasteiger partial charge in [0.05, 0.1) is 0 Å². The van der Waals surface area contributed by atoms with E-state index >= 15 is 0 Å². The Morgan fingerprint density at radius 2 is 2.45 bits per heavy atom. The molecule has 0 aromatic carbocycles. The molecule has 0 bridgehead atoms. The molecule has 11 heavy (non-hydrogen) atoms. The van der Waals surface area contributed by atoms with E-state index < -0.39 is 0 Å². The zero-order valence-corrected chi connectivity index (χ0v) is 6.49. The molecule has 0 amide bonds. The van der Waals surface area contributed by atoms with Crippen LogP contribution in [0.1, 0.15) is 0 Å². The van der Waals surface area contributed by atoms with E-state index in [9.17, 15) is 0 Å². The van der Waals surface area contributed by atoms with Gasteiger partial charge in [0.25, 0.3) is 0 Å². The van der Waals surface area contributed by atoms with Crippen molar-refractivity contribution in [1.29, 1.82) is 0 Å². The highest BCUT2D eigenvalue weighted by molar-refractivity contribution is 5.36. The molecule has 0 fully saturated rings. The van der Waals surface area contributed by atoms with Gasteiger partial charge in [-0.25, -0.2) is 0 Å². The van der Waals surface area contributed by atoms with Gasteiger partial charge in [-0.15, -0.1) is 0 Å². The van der Waals surface area contributed by atoms with E-state index in [0.717, 1.165) is 5.49 Å². The maximum atomic E-state index is 5.55. The van der Waals surface area contributed by atoms with Gasteiger partial charge in [-0.05, 0) is 6.07 Å². The number of hydrogen-bond donors (Lipinski definition) is 1. The van der Waals surface area contributed by atoms with Crippen molar-refractivity contribution >= 4 is 11.9 Å². The van der Waals surface area contributed by atoms with Crippen molar-refractivity contribution in [2.24, 2.45) is 4.99 Å². The second kappa shape index (κ2) is 3.05. The first kappa shape index (κ1) is 7.60. The number of hydrogen-bond acceptors (Lipinski definition) is 2. The summed E-state index contributed by atoms with van der Waals surface area (Å²) in [6.45, 7) is 3.63. The van der Waals surface area contributed by atoms with Gasteiger partial charge >= 0.3 is 0 Å².